The number of carbonyl (C=O) groups is 2. The van der Waals surface area contributed by atoms with E-state index in [0.717, 1.165) is 18.4 Å². The number of hydrogen-bond acceptors (Lipinski definition) is 4. The number of benzene rings is 1. The van der Waals surface area contributed by atoms with Crippen LogP contribution in [0.25, 0.3) is 0 Å². The number of rotatable bonds is 7. The molecule has 3 N–H and O–H groups in total. The molecule has 0 aliphatic rings. The first kappa shape index (κ1) is 17.1. The maximum Gasteiger partial charge on any atom is 0.327 e. The molecule has 1 amide bonds. The Balaban J connectivity index is 2.79. The van der Waals surface area contributed by atoms with E-state index in [2.05, 4.69) is 5.32 Å². The van der Waals surface area contributed by atoms with Gasteiger partial charge < -0.3 is 10.4 Å². The van der Waals surface area contributed by atoms with Crippen LogP contribution in [0.15, 0.2) is 24.3 Å². The molecule has 1 aromatic carbocycles. The molecule has 116 valence electrons. The van der Waals surface area contributed by atoms with Crippen molar-refractivity contribution in [3.8, 4) is 0 Å². The van der Waals surface area contributed by atoms with Gasteiger partial charge in [-0.05, 0) is 24.1 Å². The van der Waals surface area contributed by atoms with Gasteiger partial charge in [0.25, 0.3) is 16.0 Å². The Labute approximate surface area is 122 Å². The van der Waals surface area contributed by atoms with E-state index in [0.29, 0.717) is 0 Å². The molecule has 0 aliphatic heterocycles. The van der Waals surface area contributed by atoms with Crippen molar-refractivity contribution in [1.29, 1.82) is 0 Å². The van der Waals surface area contributed by atoms with Gasteiger partial charge in [0.15, 0.2) is 0 Å². The predicted molar refractivity (Wildman–Crippen MR) is 75.7 cm³/mol. The summed E-state index contributed by atoms with van der Waals surface area (Å²) in [4.78, 5) is 22.8. The molecular weight excluding hydrogens is 298 g/mol. The highest BCUT2D eigenvalue weighted by atomic mass is 32.2. The molecule has 0 saturated heterocycles. The summed E-state index contributed by atoms with van der Waals surface area (Å²) in [7, 11) is -4.51. The summed E-state index contributed by atoms with van der Waals surface area (Å²) in [5.74, 6) is -3.33. The highest BCUT2D eigenvalue weighted by molar-refractivity contribution is 7.85. The van der Waals surface area contributed by atoms with E-state index in [1.54, 1.807) is 12.1 Å². The Morgan fingerprint density at radius 1 is 1.24 bits per heavy atom. The molecule has 0 radical (unpaired) electrons. The van der Waals surface area contributed by atoms with Crippen molar-refractivity contribution in [2.45, 2.75) is 25.8 Å². The van der Waals surface area contributed by atoms with Gasteiger partial charge in [0, 0.05) is 5.56 Å². The summed E-state index contributed by atoms with van der Waals surface area (Å²) in [5, 5.41) is 10.9. The zero-order valence-electron chi connectivity index (χ0n) is 11.4. The molecular formula is C13H17NO6S. The average Bonchev–Trinajstić information content (AvgIpc) is 2.37. The monoisotopic (exact) mass is 315 g/mol. The standard InChI is InChI=1S/C13H17NO6S/c1-2-3-9-4-6-10(7-5-9)12(15)14-11(13(16)17)8-21(18,19)20/h4-7,11H,2-3,8H2,1H3,(H,14,15)(H,16,17)(H,18,19,20). The highest BCUT2D eigenvalue weighted by Gasteiger charge is 2.26. The van der Waals surface area contributed by atoms with Crippen molar-refractivity contribution >= 4 is 22.0 Å². The SMILES string of the molecule is CCCc1ccc(C(=O)NC(CS(=O)(=O)O)C(=O)O)cc1. The van der Waals surface area contributed by atoms with Crippen LogP contribution in [-0.2, 0) is 21.3 Å². The minimum absolute atomic E-state index is 0.219. The van der Waals surface area contributed by atoms with Gasteiger partial charge in [-0.3, -0.25) is 9.35 Å². The number of hydrogen-bond donors (Lipinski definition) is 3. The third-order valence-corrected chi connectivity index (χ3v) is 3.49. The summed E-state index contributed by atoms with van der Waals surface area (Å²) in [6.45, 7) is 2.02. The zero-order chi connectivity index (χ0) is 16.0. The highest BCUT2D eigenvalue weighted by Crippen LogP contribution is 2.07. The smallest absolute Gasteiger partial charge is 0.327 e. The number of aliphatic carboxylic acids is 1. The summed E-state index contributed by atoms with van der Waals surface area (Å²) in [5.41, 5.74) is 1.26. The first-order valence-corrected chi connectivity index (χ1v) is 7.91. The fourth-order valence-corrected chi connectivity index (χ4v) is 2.39. The summed E-state index contributed by atoms with van der Waals surface area (Å²) >= 11 is 0. The van der Waals surface area contributed by atoms with Gasteiger partial charge in [-0.15, -0.1) is 0 Å². The Hall–Kier alpha value is -1.93. The van der Waals surface area contributed by atoms with Crippen LogP contribution in [0.4, 0.5) is 0 Å². The zero-order valence-corrected chi connectivity index (χ0v) is 12.3. The molecule has 21 heavy (non-hydrogen) atoms. The Morgan fingerprint density at radius 3 is 2.24 bits per heavy atom. The lowest BCUT2D eigenvalue weighted by Gasteiger charge is -2.13. The maximum absolute atomic E-state index is 11.9. The fourth-order valence-electron chi connectivity index (χ4n) is 1.74. The number of carboxylic acid groups (broad SMARTS) is 1. The van der Waals surface area contributed by atoms with Crippen LogP contribution in [-0.4, -0.2) is 41.7 Å². The first-order valence-electron chi connectivity index (χ1n) is 6.30. The van der Waals surface area contributed by atoms with Crippen molar-refractivity contribution in [2.75, 3.05) is 5.75 Å². The lowest BCUT2D eigenvalue weighted by Crippen LogP contribution is -2.45. The minimum Gasteiger partial charge on any atom is -0.480 e. The Kier molecular flexibility index (Phi) is 5.86. The lowest BCUT2D eigenvalue weighted by atomic mass is 10.1. The Morgan fingerprint density at radius 2 is 1.81 bits per heavy atom. The van der Waals surface area contributed by atoms with Crippen LogP contribution in [0.3, 0.4) is 0 Å². The van der Waals surface area contributed by atoms with Gasteiger partial charge >= 0.3 is 5.97 Å². The number of nitrogens with one attached hydrogen (secondary N) is 1. The molecule has 0 bridgehead atoms. The summed E-state index contributed by atoms with van der Waals surface area (Å²) < 4.78 is 30.1. The minimum atomic E-state index is -4.51. The van der Waals surface area contributed by atoms with E-state index >= 15 is 0 Å². The topological polar surface area (TPSA) is 121 Å². The second-order valence-electron chi connectivity index (χ2n) is 4.56. The van der Waals surface area contributed by atoms with Crippen LogP contribution < -0.4 is 5.32 Å². The molecule has 1 rings (SSSR count). The van der Waals surface area contributed by atoms with Crippen molar-refractivity contribution < 1.29 is 27.7 Å². The molecule has 1 aromatic rings. The molecule has 8 heteroatoms. The van der Waals surface area contributed by atoms with Gasteiger partial charge in [0.1, 0.15) is 11.8 Å². The van der Waals surface area contributed by atoms with Crippen LogP contribution in [0.2, 0.25) is 0 Å². The van der Waals surface area contributed by atoms with E-state index in [1.165, 1.54) is 12.1 Å². The van der Waals surface area contributed by atoms with Crippen LogP contribution in [0.1, 0.15) is 29.3 Å². The van der Waals surface area contributed by atoms with Gasteiger partial charge in [-0.25, -0.2) is 4.79 Å². The van der Waals surface area contributed by atoms with Crippen LogP contribution in [0.5, 0.6) is 0 Å². The first-order chi connectivity index (χ1) is 9.73. The normalized spacial score (nSPS) is 12.7. The van der Waals surface area contributed by atoms with E-state index in [1.807, 2.05) is 6.92 Å². The number of aryl methyl sites for hydroxylation is 1. The summed E-state index contributed by atoms with van der Waals surface area (Å²) in [6.07, 6.45) is 1.82. The summed E-state index contributed by atoms with van der Waals surface area (Å²) in [6, 6.07) is 4.86. The number of carboxylic acids is 1. The maximum atomic E-state index is 11.9. The Bertz CT molecular complexity index is 608. The van der Waals surface area contributed by atoms with Gasteiger partial charge in [-0.2, -0.15) is 8.42 Å². The second-order valence-corrected chi connectivity index (χ2v) is 6.06. The predicted octanol–water partition coefficient (Wildman–Crippen LogP) is 0.710. The van der Waals surface area contributed by atoms with Crippen LogP contribution >= 0.6 is 0 Å². The quantitative estimate of drug-likeness (QED) is 0.637. The van der Waals surface area contributed by atoms with Crippen molar-refractivity contribution in [2.24, 2.45) is 0 Å². The lowest BCUT2D eigenvalue weighted by molar-refractivity contribution is -0.138. The molecule has 0 saturated carbocycles. The molecule has 0 heterocycles. The van der Waals surface area contributed by atoms with Gasteiger partial charge in [0.05, 0.1) is 0 Å². The van der Waals surface area contributed by atoms with E-state index < -0.39 is 33.8 Å². The largest absolute Gasteiger partial charge is 0.480 e. The third kappa shape index (κ3) is 5.92. The fraction of sp³-hybridized carbons (Fsp3) is 0.385. The van der Waals surface area contributed by atoms with E-state index in [9.17, 15) is 18.0 Å². The van der Waals surface area contributed by atoms with Gasteiger partial charge in [-0.1, -0.05) is 25.5 Å². The molecule has 0 fully saturated rings. The molecule has 1 atom stereocenters. The van der Waals surface area contributed by atoms with Crippen molar-refractivity contribution in [3.05, 3.63) is 35.4 Å². The van der Waals surface area contributed by atoms with Crippen molar-refractivity contribution in [3.63, 3.8) is 0 Å². The van der Waals surface area contributed by atoms with E-state index in [4.69, 9.17) is 9.66 Å². The second kappa shape index (κ2) is 7.19. The van der Waals surface area contributed by atoms with E-state index in [-0.39, 0.29) is 5.56 Å². The molecule has 0 aromatic heterocycles. The number of amides is 1. The molecule has 0 aliphatic carbocycles. The molecule has 0 spiro atoms. The van der Waals surface area contributed by atoms with Crippen LogP contribution in [0, 0.1) is 0 Å². The average molecular weight is 315 g/mol. The molecule has 7 nitrogen and oxygen atoms in total. The third-order valence-electron chi connectivity index (χ3n) is 2.74. The molecule has 1 unspecified atom stereocenters. The van der Waals surface area contributed by atoms with Gasteiger partial charge in [0.2, 0.25) is 0 Å². The van der Waals surface area contributed by atoms with Crippen molar-refractivity contribution in [1.82, 2.24) is 5.32 Å². The number of carbonyl (C=O) groups excluding carboxylic acids is 1.